The first kappa shape index (κ1) is 14.0. The van der Waals surface area contributed by atoms with Crippen LogP contribution in [0.5, 0.6) is 0 Å². The van der Waals surface area contributed by atoms with E-state index in [0.717, 1.165) is 18.4 Å². The second kappa shape index (κ2) is 6.66. The summed E-state index contributed by atoms with van der Waals surface area (Å²) in [6.45, 7) is 0. The van der Waals surface area contributed by atoms with Gasteiger partial charge in [0.2, 0.25) is 0 Å². The maximum Gasteiger partial charge on any atom is 0.311 e. The van der Waals surface area contributed by atoms with Gasteiger partial charge in [-0.1, -0.05) is 54.6 Å². The predicted molar refractivity (Wildman–Crippen MR) is 76.9 cm³/mol. The minimum Gasteiger partial charge on any atom is -0.481 e. The Bertz CT molecular complexity index is 603. The third-order valence-electron chi connectivity index (χ3n) is 3.16. The lowest BCUT2D eigenvalue weighted by Crippen LogP contribution is -2.10. The van der Waals surface area contributed by atoms with Gasteiger partial charge in [-0.3, -0.25) is 9.59 Å². The lowest BCUT2D eigenvalue weighted by atomic mass is 9.96. The first-order valence-corrected chi connectivity index (χ1v) is 6.53. The molecule has 102 valence electrons. The summed E-state index contributed by atoms with van der Waals surface area (Å²) in [5, 5.41) is 8.72. The minimum atomic E-state index is -1.09. The second-order valence-corrected chi connectivity index (χ2v) is 4.64. The molecule has 0 spiro atoms. The van der Waals surface area contributed by atoms with Crippen LogP contribution in [0.2, 0.25) is 0 Å². The molecule has 0 radical (unpaired) electrons. The molecule has 0 aromatic heterocycles. The van der Waals surface area contributed by atoms with Crippen LogP contribution in [0.15, 0.2) is 54.6 Å². The third kappa shape index (κ3) is 3.79. The van der Waals surface area contributed by atoms with E-state index >= 15 is 0 Å². The fourth-order valence-electron chi connectivity index (χ4n) is 2.17. The van der Waals surface area contributed by atoms with E-state index in [4.69, 9.17) is 5.11 Å². The largest absolute Gasteiger partial charge is 0.481 e. The molecule has 0 heterocycles. The Morgan fingerprint density at radius 3 is 2.20 bits per heavy atom. The molecule has 0 aliphatic carbocycles. The molecule has 0 aliphatic heterocycles. The average molecular weight is 268 g/mol. The van der Waals surface area contributed by atoms with E-state index in [2.05, 4.69) is 0 Å². The van der Waals surface area contributed by atoms with Gasteiger partial charge in [0, 0.05) is 5.56 Å². The maximum absolute atomic E-state index is 11.9. The molecule has 3 heteroatoms. The van der Waals surface area contributed by atoms with Crippen molar-refractivity contribution in [3.63, 3.8) is 0 Å². The van der Waals surface area contributed by atoms with Gasteiger partial charge in [0.25, 0.3) is 0 Å². The number of aliphatic carboxylic acids is 1. The second-order valence-electron chi connectivity index (χ2n) is 4.64. The molecule has 20 heavy (non-hydrogen) atoms. The number of benzene rings is 2. The summed E-state index contributed by atoms with van der Waals surface area (Å²) in [5.74, 6) is -1.42. The number of aryl methyl sites for hydroxylation is 2. The maximum atomic E-state index is 11.9. The van der Waals surface area contributed by atoms with E-state index in [1.54, 1.807) is 12.1 Å². The molecule has 0 fully saturated rings. The SMILES string of the molecule is O=C(O)CC(=O)c1ccccc1CCc1ccccc1. The molecule has 3 nitrogen and oxygen atoms in total. The number of hydrogen-bond acceptors (Lipinski definition) is 2. The Morgan fingerprint density at radius 2 is 1.50 bits per heavy atom. The van der Waals surface area contributed by atoms with E-state index < -0.39 is 12.4 Å². The molecule has 2 rings (SSSR count). The number of carbonyl (C=O) groups is 2. The highest BCUT2D eigenvalue weighted by atomic mass is 16.4. The zero-order chi connectivity index (χ0) is 14.4. The van der Waals surface area contributed by atoms with E-state index in [-0.39, 0.29) is 5.78 Å². The number of Topliss-reactive ketones (excluding diaryl/α,β-unsaturated/α-hetero) is 1. The molecule has 0 atom stereocenters. The summed E-state index contributed by atoms with van der Waals surface area (Å²) >= 11 is 0. The molecule has 2 aromatic carbocycles. The topological polar surface area (TPSA) is 54.4 Å². The summed E-state index contributed by atoms with van der Waals surface area (Å²) in [6, 6.07) is 17.2. The standard InChI is InChI=1S/C17H16O3/c18-16(12-17(19)20)15-9-5-4-8-14(15)11-10-13-6-2-1-3-7-13/h1-9H,10-12H2,(H,19,20). The van der Waals surface area contributed by atoms with Gasteiger partial charge in [0.15, 0.2) is 5.78 Å². The highest BCUT2D eigenvalue weighted by molar-refractivity contribution is 6.06. The summed E-state index contributed by atoms with van der Waals surface area (Å²) in [6.07, 6.45) is 1.10. The Morgan fingerprint density at radius 1 is 0.850 bits per heavy atom. The van der Waals surface area contributed by atoms with Crippen LogP contribution in [0.4, 0.5) is 0 Å². The van der Waals surface area contributed by atoms with Crippen LogP contribution in [-0.2, 0) is 17.6 Å². The van der Waals surface area contributed by atoms with Gasteiger partial charge in [0.1, 0.15) is 6.42 Å². The number of carboxylic acid groups (broad SMARTS) is 1. The Labute approximate surface area is 117 Å². The van der Waals surface area contributed by atoms with Crippen LogP contribution in [-0.4, -0.2) is 16.9 Å². The smallest absolute Gasteiger partial charge is 0.311 e. The Balaban J connectivity index is 2.12. The van der Waals surface area contributed by atoms with E-state index in [1.165, 1.54) is 5.56 Å². The lowest BCUT2D eigenvalue weighted by molar-refractivity contribution is -0.135. The Kier molecular flexibility index (Phi) is 4.66. The Hall–Kier alpha value is -2.42. The minimum absolute atomic E-state index is 0.332. The summed E-state index contributed by atoms with van der Waals surface area (Å²) in [7, 11) is 0. The van der Waals surface area contributed by atoms with Crippen LogP contribution in [0.25, 0.3) is 0 Å². The van der Waals surface area contributed by atoms with Gasteiger partial charge in [-0.25, -0.2) is 0 Å². The lowest BCUT2D eigenvalue weighted by Gasteiger charge is -2.08. The van der Waals surface area contributed by atoms with Crippen molar-refractivity contribution in [2.24, 2.45) is 0 Å². The number of rotatable bonds is 6. The highest BCUT2D eigenvalue weighted by Crippen LogP contribution is 2.14. The first-order valence-electron chi connectivity index (χ1n) is 6.53. The van der Waals surface area contributed by atoms with Crippen molar-refractivity contribution in [2.45, 2.75) is 19.3 Å². The molecule has 0 amide bonds. The monoisotopic (exact) mass is 268 g/mol. The van der Waals surface area contributed by atoms with Gasteiger partial charge in [-0.2, -0.15) is 0 Å². The van der Waals surface area contributed by atoms with Crippen molar-refractivity contribution in [2.75, 3.05) is 0 Å². The van der Waals surface area contributed by atoms with Gasteiger partial charge in [0.05, 0.1) is 0 Å². The van der Waals surface area contributed by atoms with Crippen molar-refractivity contribution in [1.82, 2.24) is 0 Å². The zero-order valence-corrected chi connectivity index (χ0v) is 11.1. The first-order chi connectivity index (χ1) is 9.66. The van der Waals surface area contributed by atoms with Crippen LogP contribution in [0.3, 0.4) is 0 Å². The molecule has 0 saturated heterocycles. The number of ketones is 1. The van der Waals surface area contributed by atoms with Gasteiger partial charge in [-0.15, -0.1) is 0 Å². The number of carboxylic acids is 1. The third-order valence-corrected chi connectivity index (χ3v) is 3.16. The van der Waals surface area contributed by atoms with Crippen LogP contribution in [0, 0.1) is 0 Å². The summed E-state index contributed by atoms with van der Waals surface area (Å²) < 4.78 is 0. The number of carbonyl (C=O) groups excluding carboxylic acids is 1. The fourth-order valence-corrected chi connectivity index (χ4v) is 2.17. The van der Waals surface area contributed by atoms with Crippen molar-refractivity contribution in [3.8, 4) is 0 Å². The van der Waals surface area contributed by atoms with Gasteiger partial charge >= 0.3 is 5.97 Å². The number of hydrogen-bond donors (Lipinski definition) is 1. The van der Waals surface area contributed by atoms with Gasteiger partial charge < -0.3 is 5.11 Å². The van der Waals surface area contributed by atoms with Crippen LogP contribution < -0.4 is 0 Å². The zero-order valence-electron chi connectivity index (χ0n) is 11.1. The van der Waals surface area contributed by atoms with Crippen molar-refractivity contribution >= 4 is 11.8 Å². The molecule has 0 bridgehead atoms. The van der Waals surface area contributed by atoms with E-state index in [9.17, 15) is 9.59 Å². The normalized spacial score (nSPS) is 10.2. The molecule has 0 unspecified atom stereocenters. The van der Waals surface area contributed by atoms with Crippen molar-refractivity contribution < 1.29 is 14.7 Å². The molecular formula is C17H16O3. The summed E-state index contributed by atoms with van der Waals surface area (Å²) in [5.41, 5.74) is 2.63. The highest BCUT2D eigenvalue weighted by Gasteiger charge is 2.14. The van der Waals surface area contributed by atoms with E-state index in [0.29, 0.717) is 5.56 Å². The molecular weight excluding hydrogens is 252 g/mol. The quantitative estimate of drug-likeness (QED) is 0.647. The predicted octanol–water partition coefficient (Wildman–Crippen LogP) is 3.13. The molecule has 2 aromatic rings. The molecule has 0 saturated carbocycles. The molecule has 1 N–H and O–H groups in total. The fraction of sp³-hybridized carbons (Fsp3) is 0.176. The molecule has 0 aliphatic rings. The van der Waals surface area contributed by atoms with Gasteiger partial charge in [-0.05, 0) is 24.0 Å². The van der Waals surface area contributed by atoms with Crippen molar-refractivity contribution in [3.05, 3.63) is 71.3 Å². The van der Waals surface area contributed by atoms with Crippen molar-refractivity contribution in [1.29, 1.82) is 0 Å². The van der Waals surface area contributed by atoms with Crippen LogP contribution >= 0.6 is 0 Å². The summed E-state index contributed by atoms with van der Waals surface area (Å²) in [4.78, 5) is 22.6. The average Bonchev–Trinajstić information content (AvgIpc) is 2.46. The van der Waals surface area contributed by atoms with Crippen LogP contribution in [0.1, 0.15) is 27.9 Å². The van der Waals surface area contributed by atoms with E-state index in [1.807, 2.05) is 42.5 Å².